The summed E-state index contributed by atoms with van der Waals surface area (Å²) in [6.45, 7) is -0.0432. The number of nitrogens with one attached hydrogen (secondary N) is 2. The molecule has 0 aliphatic rings. The van der Waals surface area contributed by atoms with Crippen LogP contribution in [0.2, 0.25) is 0 Å². The molecule has 2 heterocycles. The van der Waals surface area contributed by atoms with Crippen LogP contribution in [0.4, 0.5) is 5.95 Å². The molecule has 0 saturated carbocycles. The summed E-state index contributed by atoms with van der Waals surface area (Å²) >= 11 is 0. The number of aliphatic hydroxyl groups is 1. The monoisotopic (exact) mass is 292 g/mol. The Kier molecular flexibility index (Phi) is 4.34. The number of anilines is 1. The maximum Gasteiger partial charge on any atom is 0.265 e. The quantitative estimate of drug-likeness (QED) is 0.704. The van der Waals surface area contributed by atoms with Gasteiger partial charge in [0.15, 0.2) is 0 Å². The maximum atomic E-state index is 12.1. The lowest BCUT2D eigenvalue weighted by molar-refractivity contribution is 0.305. The molecule has 0 radical (unpaired) electrons. The van der Waals surface area contributed by atoms with Gasteiger partial charge in [0.2, 0.25) is 5.95 Å². The van der Waals surface area contributed by atoms with Crippen molar-refractivity contribution in [2.24, 2.45) is 0 Å². The molecular weight excluding hydrogens is 280 g/mol. The van der Waals surface area contributed by atoms with Crippen molar-refractivity contribution in [3.63, 3.8) is 0 Å². The molecule has 2 aromatic heterocycles. The summed E-state index contributed by atoms with van der Waals surface area (Å²) in [6.07, 6.45) is 5.94. The molecule has 0 fully saturated rings. The van der Waals surface area contributed by atoms with Gasteiger partial charge in [0.1, 0.15) is 4.90 Å². The Hall–Kier alpha value is -2.37. The summed E-state index contributed by atoms with van der Waals surface area (Å²) in [6, 6.07) is 1.41. The number of nitrogens with zero attached hydrogens (tertiary/aromatic N) is 2. The topological polar surface area (TPSA) is 108 Å². The van der Waals surface area contributed by atoms with Gasteiger partial charge in [0.25, 0.3) is 10.0 Å². The number of sulfonamides is 1. The number of hydrogen-bond donors (Lipinski definition) is 3. The van der Waals surface area contributed by atoms with Crippen molar-refractivity contribution in [2.75, 3.05) is 11.3 Å². The lowest BCUT2D eigenvalue weighted by atomic mass is 10.3. The lowest BCUT2D eigenvalue weighted by Crippen LogP contribution is -2.14. The fourth-order valence-corrected chi connectivity index (χ4v) is 2.33. The Morgan fingerprint density at radius 2 is 2.25 bits per heavy atom. The molecule has 3 N–H and O–H groups in total. The second-order valence-electron chi connectivity index (χ2n) is 3.73. The lowest BCUT2D eigenvalue weighted by Gasteiger charge is -2.04. The fourth-order valence-electron chi connectivity index (χ4n) is 1.36. The molecule has 0 aromatic carbocycles. The molecule has 7 nitrogen and oxygen atoms in total. The van der Waals surface area contributed by atoms with Crippen molar-refractivity contribution >= 4 is 16.0 Å². The molecule has 0 bridgehead atoms. The summed E-state index contributed by atoms with van der Waals surface area (Å²) < 4.78 is 26.5. The van der Waals surface area contributed by atoms with Crippen LogP contribution in [-0.4, -0.2) is 35.1 Å². The van der Waals surface area contributed by atoms with E-state index in [2.05, 4.69) is 31.5 Å². The standard InChI is InChI=1S/C12H12N4O3S/c17-6-2-1-3-10-7-11(9-13-8-10)20(18,19)16-12-14-4-5-15-12/h4-5,7-9,17H,2,6H2,(H2,14,15,16). The van der Waals surface area contributed by atoms with E-state index in [9.17, 15) is 8.42 Å². The van der Waals surface area contributed by atoms with E-state index in [0.717, 1.165) is 0 Å². The number of rotatable bonds is 4. The molecule has 0 amide bonds. The molecule has 0 spiro atoms. The number of imidazole rings is 1. The first kappa shape index (κ1) is 14.0. The number of hydrogen-bond acceptors (Lipinski definition) is 5. The maximum absolute atomic E-state index is 12.1. The molecule has 2 rings (SSSR count). The average Bonchev–Trinajstić information content (AvgIpc) is 2.92. The average molecular weight is 292 g/mol. The van der Waals surface area contributed by atoms with Crippen LogP contribution in [0.1, 0.15) is 12.0 Å². The van der Waals surface area contributed by atoms with Gasteiger partial charge in [-0.3, -0.25) is 4.98 Å². The van der Waals surface area contributed by atoms with E-state index in [-0.39, 0.29) is 17.5 Å². The van der Waals surface area contributed by atoms with Crippen LogP contribution in [0.15, 0.2) is 35.7 Å². The van der Waals surface area contributed by atoms with Gasteiger partial charge in [-0.1, -0.05) is 11.8 Å². The number of aromatic nitrogens is 3. The third kappa shape index (κ3) is 3.57. The van der Waals surface area contributed by atoms with Gasteiger partial charge in [-0.25, -0.2) is 18.1 Å². The number of H-pyrrole nitrogens is 1. The zero-order chi connectivity index (χ0) is 14.4. The summed E-state index contributed by atoms with van der Waals surface area (Å²) in [5, 5.41) is 8.64. The Labute approximate surface area is 116 Å². The SMILES string of the molecule is O=S(=O)(Nc1ncc[nH]1)c1cncc(C#CCCO)c1. The predicted molar refractivity (Wildman–Crippen MR) is 72.2 cm³/mol. The minimum atomic E-state index is -3.76. The van der Waals surface area contributed by atoms with Crippen LogP contribution in [0.5, 0.6) is 0 Å². The third-order valence-corrected chi connectivity index (χ3v) is 3.53. The van der Waals surface area contributed by atoms with Gasteiger partial charge in [0.05, 0.1) is 6.61 Å². The summed E-state index contributed by atoms with van der Waals surface area (Å²) in [4.78, 5) is 10.3. The van der Waals surface area contributed by atoms with Crippen molar-refractivity contribution in [1.82, 2.24) is 15.0 Å². The summed E-state index contributed by atoms with van der Waals surface area (Å²) in [5.74, 6) is 5.56. The van der Waals surface area contributed by atoms with E-state index >= 15 is 0 Å². The normalized spacial score (nSPS) is 10.7. The van der Waals surface area contributed by atoms with E-state index in [4.69, 9.17) is 5.11 Å². The van der Waals surface area contributed by atoms with Crippen LogP contribution >= 0.6 is 0 Å². The third-order valence-electron chi connectivity index (χ3n) is 2.22. The Morgan fingerprint density at radius 3 is 2.95 bits per heavy atom. The first-order valence-electron chi connectivity index (χ1n) is 5.69. The predicted octanol–water partition coefficient (Wildman–Crippen LogP) is 0.339. The first-order valence-corrected chi connectivity index (χ1v) is 7.17. The number of aromatic amines is 1. The largest absolute Gasteiger partial charge is 0.395 e. The van der Waals surface area contributed by atoms with Gasteiger partial charge in [-0.05, 0) is 6.07 Å². The Bertz CT molecular complexity index is 730. The zero-order valence-corrected chi connectivity index (χ0v) is 11.2. The van der Waals surface area contributed by atoms with Crippen LogP contribution in [0, 0.1) is 11.8 Å². The van der Waals surface area contributed by atoms with Crippen molar-refractivity contribution in [3.05, 3.63) is 36.4 Å². The van der Waals surface area contributed by atoms with Gasteiger partial charge in [0, 0.05) is 36.8 Å². The van der Waals surface area contributed by atoms with Crippen molar-refractivity contribution in [2.45, 2.75) is 11.3 Å². The molecule has 20 heavy (non-hydrogen) atoms. The molecule has 0 aliphatic heterocycles. The molecule has 0 atom stereocenters. The highest BCUT2D eigenvalue weighted by molar-refractivity contribution is 7.92. The van der Waals surface area contributed by atoms with E-state index in [1.807, 2.05) is 0 Å². The van der Waals surface area contributed by atoms with E-state index < -0.39 is 10.0 Å². The van der Waals surface area contributed by atoms with Crippen LogP contribution in [0.3, 0.4) is 0 Å². The van der Waals surface area contributed by atoms with Crippen LogP contribution in [-0.2, 0) is 10.0 Å². The number of pyridine rings is 1. The second-order valence-corrected chi connectivity index (χ2v) is 5.41. The summed E-state index contributed by atoms with van der Waals surface area (Å²) in [5.41, 5.74) is 0.459. The van der Waals surface area contributed by atoms with Gasteiger partial charge in [-0.2, -0.15) is 0 Å². The molecule has 104 valence electrons. The van der Waals surface area contributed by atoms with Crippen molar-refractivity contribution in [1.29, 1.82) is 0 Å². The molecule has 0 unspecified atom stereocenters. The van der Waals surface area contributed by atoms with Crippen molar-refractivity contribution in [3.8, 4) is 11.8 Å². The molecule has 2 aromatic rings. The highest BCUT2D eigenvalue weighted by Gasteiger charge is 2.15. The van der Waals surface area contributed by atoms with E-state index in [1.54, 1.807) is 0 Å². The van der Waals surface area contributed by atoms with E-state index in [0.29, 0.717) is 12.0 Å². The highest BCUT2D eigenvalue weighted by Crippen LogP contribution is 2.12. The molecule has 8 heteroatoms. The highest BCUT2D eigenvalue weighted by atomic mass is 32.2. The number of aliphatic hydroxyl groups excluding tert-OH is 1. The first-order chi connectivity index (χ1) is 9.62. The van der Waals surface area contributed by atoms with Gasteiger partial charge < -0.3 is 10.1 Å². The van der Waals surface area contributed by atoms with Crippen molar-refractivity contribution < 1.29 is 13.5 Å². The Morgan fingerprint density at radius 1 is 1.40 bits per heavy atom. The molecule has 0 saturated heterocycles. The van der Waals surface area contributed by atoms with Gasteiger partial charge >= 0.3 is 0 Å². The molecule has 0 aliphatic carbocycles. The minimum Gasteiger partial charge on any atom is -0.395 e. The summed E-state index contributed by atoms with van der Waals surface area (Å²) in [7, 11) is -3.76. The van der Waals surface area contributed by atoms with Crippen LogP contribution < -0.4 is 4.72 Å². The fraction of sp³-hybridized carbons (Fsp3) is 0.167. The smallest absolute Gasteiger partial charge is 0.265 e. The Balaban J connectivity index is 2.24. The zero-order valence-electron chi connectivity index (χ0n) is 10.4. The van der Waals surface area contributed by atoms with Gasteiger partial charge in [-0.15, -0.1) is 0 Å². The van der Waals surface area contributed by atoms with Crippen LogP contribution in [0.25, 0.3) is 0 Å². The second kappa shape index (κ2) is 6.18. The van der Waals surface area contributed by atoms with E-state index in [1.165, 1.54) is 30.9 Å². The minimum absolute atomic E-state index is 0.00954. The molecular formula is C12H12N4O3S.